The highest BCUT2D eigenvalue weighted by Crippen LogP contribution is 2.23. The smallest absolute Gasteiger partial charge is 0.244 e. The van der Waals surface area contributed by atoms with Crippen LogP contribution in [0.15, 0.2) is 59.7 Å². The summed E-state index contributed by atoms with van der Waals surface area (Å²) in [6.45, 7) is 1.93. The minimum Gasteiger partial charge on any atom is -0.497 e. The lowest BCUT2D eigenvalue weighted by atomic mass is 10.1. The van der Waals surface area contributed by atoms with Crippen molar-refractivity contribution in [1.29, 1.82) is 0 Å². The Bertz CT molecular complexity index is 911. The quantitative estimate of drug-likeness (QED) is 0.540. The maximum atomic E-state index is 5.36. The maximum absolute atomic E-state index is 5.36. The van der Waals surface area contributed by atoms with E-state index in [4.69, 9.17) is 9.47 Å². The zero-order valence-corrected chi connectivity index (χ0v) is 14.9. The summed E-state index contributed by atoms with van der Waals surface area (Å²) in [5, 5.41) is 4.23. The van der Waals surface area contributed by atoms with Gasteiger partial charge >= 0.3 is 0 Å². The number of hydrogen-bond acceptors (Lipinski definition) is 6. The van der Waals surface area contributed by atoms with Crippen LogP contribution < -0.4 is 14.9 Å². The SMILES string of the molecule is COc1ccc(/C=N\Nc2nc(C)cc(-c3ccccc3)n2)c(OC)c1. The fourth-order valence-electron chi connectivity index (χ4n) is 2.46. The summed E-state index contributed by atoms with van der Waals surface area (Å²) in [6.07, 6.45) is 1.66. The number of anilines is 1. The van der Waals surface area contributed by atoms with Crippen LogP contribution in [-0.4, -0.2) is 30.4 Å². The van der Waals surface area contributed by atoms with Crippen molar-refractivity contribution in [2.75, 3.05) is 19.6 Å². The van der Waals surface area contributed by atoms with Crippen molar-refractivity contribution >= 4 is 12.2 Å². The lowest BCUT2D eigenvalue weighted by Gasteiger charge is -2.07. The highest BCUT2D eigenvalue weighted by molar-refractivity contribution is 5.84. The molecule has 1 heterocycles. The Kier molecular flexibility index (Phi) is 5.43. The van der Waals surface area contributed by atoms with E-state index in [1.165, 1.54) is 0 Å². The lowest BCUT2D eigenvalue weighted by Crippen LogP contribution is -2.00. The maximum Gasteiger partial charge on any atom is 0.244 e. The van der Waals surface area contributed by atoms with Gasteiger partial charge in [0.2, 0.25) is 5.95 Å². The first-order valence-electron chi connectivity index (χ1n) is 8.12. The molecule has 132 valence electrons. The van der Waals surface area contributed by atoms with Gasteiger partial charge in [-0.1, -0.05) is 30.3 Å². The van der Waals surface area contributed by atoms with Crippen molar-refractivity contribution in [1.82, 2.24) is 9.97 Å². The molecule has 0 saturated heterocycles. The van der Waals surface area contributed by atoms with Crippen LogP contribution in [0.25, 0.3) is 11.3 Å². The normalized spacial score (nSPS) is 10.7. The molecule has 0 atom stereocenters. The second-order valence-electron chi connectivity index (χ2n) is 5.56. The Morgan fingerprint density at radius 2 is 1.77 bits per heavy atom. The first-order valence-corrected chi connectivity index (χ1v) is 8.12. The van der Waals surface area contributed by atoms with Crippen molar-refractivity contribution in [2.24, 2.45) is 5.10 Å². The summed E-state index contributed by atoms with van der Waals surface area (Å²) >= 11 is 0. The summed E-state index contributed by atoms with van der Waals surface area (Å²) in [4.78, 5) is 8.89. The lowest BCUT2D eigenvalue weighted by molar-refractivity contribution is 0.394. The minimum atomic E-state index is 0.438. The molecule has 0 bridgehead atoms. The topological polar surface area (TPSA) is 68.6 Å². The molecule has 2 aromatic carbocycles. The largest absolute Gasteiger partial charge is 0.497 e. The zero-order chi connectivity index (χ0) is 18.4. The van der Waals surface area contributed by atoms with Gasteiger partial charge in [0.1, 0.15) is 11.5 Å². The summed E-state index contributed by atoms with van der Waals surface area (Å²) in [5.74, 6) is 1.83. The van der Waals surface area contributed by atoms with Gasteiger partial charge in [0, 0.05) is 22.9 Å². The molecule has 0 saturated carbocycles. The Hall–Kier alpha value is -3.41. The number of hydrogen-bond donors (Lipinski definition) is 1. The molecule has 1 N–H and O–H groups in total. The van der Waals surface area contributed by atoms with Gasteiger partial charge in [0.15, 0.2) is 0 Å². The van der Waals surface area contributed by atoms with E-state index >= 15 is 0 Å². The number of nitrogens with zero attached hydrogens (tertiary/aromatic N) is 3. The molecule has 0 spiro atoms. The first-order chi connectivity index (χ1) is 12.7. The molecule has 3 rings (SSSR count). The van der Waals surface area contributed by atoms with E-state index in [0.717, 1.165) is 28.3 Å². The highest BCUT2D eigenvalue weighted by Gasteiger charge is 2.05. The minimum absolute atomic E-state index is 0.438. The molecule has 0 fully saturated rings. The number of methoxy groups -OCH3 is 2. The Morgan fingerprint density at radius 3 is 2.50 bits per heavy atom. The molecule has 1 aromatic heterocycles. The van der Waals surface area contributed by atoms with Crippen molar-refractivity contribution in [2.45, 2.75) is 6.92 Å². The van der Waals surface area contributed by atoms with Gasteiger partial charge < -0.3 is 9.47 Å². The van der Waals surface area contributed by atoms with Gasteiger partial charge in [-0.15, -0.1) is 0 Å². The predicted molar refractivity (Wildman–Crippen MR) is 103 cm³/mol. The zero-order valence-electron chi connectivity index (χ0n) is 14.9. The molecule has 0 radical (unpaired) electrons. The standard InChI is InChI=1S/C20H20N4O2/c1-14-11-18(15-7-5-4-6-8-15)23-20(22-14)24-21-13-16-9-10-17(25-2)12-19(16)26-3/h4-13H,1-3H3,(H,22,23,24)/b21-13-. The monoisotopic (exact) mass is 348 g/mol. The van der Waals surface area contributed by atoms with Gasteiger partial charge in [0.05, 0.1) is 26.1 Å². The van der Waals surface area contributed by atoms with Crippen molar-refractivity contribution < 1.29 is 9.47 Å². The second kappa shape index (κ2) is 8.11. The van der Waals surface area contributed by atoms with E-state index in [2.05, 4.69) is 20.5 Å². The molecule has 0 aliphatic rings. The van der Waals surface area contributed by atoms with Crippen LogP contribution in [0.4, 0.5) is 5.95 Å². The van der Waals surface area contributed by atoms with Crippen LogP contribution in [0, 0.1) is 6.92 Å². The van der Waals surface area contributed by atoms with Gasteiger partial charge in [0.25, 0.3) is 0 Å². The fraction of sp³-hybridized carbons (Fsp3) is 0.150. The van der Waals surface area contributed by atoms with Crippen molar-refractivity contribution in [3.8, 4) is 22.8 Å². The van der Waals surface area contributed by atoms with Crippen molar-refractivity contribution in [3.63, 3.8) is 0 Å². The molecule has 3 aromatic rings. The van der Waals surface area contributed by atoms with Gasteiger partial charge in [-0.3, -0.25) is 0 Å². The van der Waals surface area contributed by atoms with Crippen LogP contribution in [0.5, 0.6) is 11.5 Å². The summed E-state index contributed by atoms with van der Waals surface area (Å²) in [6, 6.07) is 17.4. The van der Waals surface area contributed by atoms with Gasteiger partial charge in [-0.2, -0.15) is 5.10 Å². The predicted octanol–water partition coefficient (Wildman–Crippen LogP) is 3.92. The Morgan fingerprint density at radius 1 is 0.962 bits per heavy atom. The number of aryl methyl sites for hydroxylation is 1. The number of benzene rings is 2. The van der Waals surface area contributed by atoms with E-state index in [-0.39, 0.29) is 0 Å². The van der Waals surface area contributed by atoms with Crippen LogP contribution in [0.1, 0.15) is 11.3 Å². The number of rotatable bonds is 6. The molecular weight excluding hydrogens is 328 g/mol. The van der Waals surface area contributed by atoms with E-state index in [1.54, 1.807) is 26.5 Å². The number of ether oxygens (including phenoxy) is 2. The summed E-state index contributed by atoms with van der Waals surface area (Å²) < 4.78 is 10.6. The molecule has 6 nitrogen and oxygen atoms in total. The first kappa shape index (κ1) is 17.4. The average Bonchev–Trinajstić information content (AvgIpc) is 2.68. The molecule has 26 heavy (non-hydrogen) atoms. The van der Waals surface area contributed by atoms with Crippen LogP contribution in [0.2, 0.25) is 0 Å². The van der Waals surface area contributed by atoms with E-state index in [0.29, 0.717) is 11.7 Å². The van der Waals surface area contributed by atoms with Crippen molar-refractivity contribution in [3.05, 3.63) is 65.9 Å². The molecule has 0 amide bonds. The van der Waals surface area contributed by atoms with E-state index < -0.39 is 0 Å². The number of nitrogens with one attached hydrogen (secondary N) is 1. The van der Waals surface area contributed by atoms with Gasteiger partial charge in [-0.05, 0) is 25.1 Å². The van der Waals surface area contributed by atoms with Crippen LogP contribution in [0.3, 0.4) is 0 Å². The summed E-state index contributed by atoms with van der Waals surface area (Å²) in [5.41, 5.74) is 6.44. The third-order valence-corrected chi connectivity index (χ3v) is 3.73. The van der Waals surface area contributed by atoms with Crippen LogP contribution >= 0.6 is 0 Å². The third-order valence-electron chi connectivity index (χ3n) is 3.73. The number of aromatic nitrogens is 2. The Balaban J connectivity index is 1.80. The molecule has 0 aliphatic heterocycles. The van der Waals surface area contributed by atoms with E-state index in [9.17, 15) is 0 Å². The Labute approximate surface area is 152 Å². The third kappa shape index (κ3) is 4.16. The van der Waals surface area contributed by atoms with E-state index in [1.807, 2.05) is 55.5 Å². The average molecular weight is 348 g/mol. The molecular formula is C20H20N4O2. The summed E-state index contributed by atoms with van der Waals surface area (Å²) in [7, 11) is 3.22. The molecule has 0 unspecified atom stereocenters. The van der Waals surface area contributed by atoms with Crippen LogP contribution in [-0.2, 0) is 0 Å². The highest BCUT2D eigenvalue weighted by atomic mass is 16.5. The fourth-order valence-corrected chi connectivity index (χ4v) is 2.46. The van der Waals surface area contributed by atoms with Gasteiger partial charge in [-0.25, -0.2) is 15.4 Å². The second-order valence-corrected chi connectivity index (χ2v) is 5.56. The number of hydrazone groups is 1. The molecule has 6 heteroatoms. The molecule has 0 aliphatic carbocycles.